The third-order valence-electron chi connectivity index (χ3n) is 5.59. The van der Waals surface area contributed by atoms with Crippen LogP contribution in [0.25, 0.3) is 22.2 Å². The van der Waals surface area contributed by atoms with Crippen LogP contribution in [-0.4, -0.2) is 29.0 Å². The van der Waals surface area contributed by atoms with Crippen molar-refractivity contribution in [3.05, 3.63) is 77.9 Å². The number of methoxy groups -OCH3 is 1. The number of amides is 1. The van der Waals surface area contributed by atoms with Crippen LogP contribution in [0.2, 0.25) is 0 Å². The molecule has 2 aromatic carbocycles. The number of hydrogen-bond donors (Lipinski definition) is 2. The lowest BCUT2D eigenvalue weighted by molar-refractivity contribution is -0.122. The first-order chi connectivity index (χ1) is 16.0. The predicted octanol–water partition coefficient (Wildman–Crippen LogP) is 5.06. The fourth-order valence-corrected chi connectivity index (χ4v) is 3.81. The number of oxazole rings is 1. The van der Waals surface area contributed by atoms with Gasteiger partial charge >= 0.3 is 5.97 Å². The molecule has 2 heterocycles. The van der Waals surface area contributed by atoms with Gasteiger partial charge in [0.25, 0.3) is 0 Å². The van der Waals surface area contributed by atoms with E-state index in [2.05, 4.69) is 15.3 Å². The summed E-state index contributed by atoms with van der Waals surface area (Å²) < 4.78 is 11.1. The molecule has 0 aliphatic heterocycles. The van der Waals surface area contributed by atoms with E-state index in [0.717, 1.165) is 16.5 Å². The second-order valence-corrected chi connectivity index (χ2v) is 8.24. The Morgan fingerprint density at radius 1 is 1.09 bits per heavy atom. The summed E-state index contributed by atoms with van der Waals surface area (Å²) in [6.07, 6.45) is 2.76. The van der Waals surface area contributed by atoms with Crippen LogP contribution in [-0.2, 0) is 16.0 Å². The van der Waals surface area contributed by atoms with Crippen molar-refractivity contribution in [1.82, 2.24) is 15.3 Å². The first kappa shape index (κ1) is 22.3. The summed E-state index contributed by atoms with van der Waals surface area (Å²) in [5.41, 5.74) is 2.81. The molecule has 7 nitrogen and oxygen atoms in total. The van der Waals surface area contributed by atoms with Gasteiger partial charge in [0.2, 0.25) is 11.8 Å². The number of fused-ring (bicyclic) bond motifs is 1. The molecule has 1 unspecified atom stereocenters. The molecule has 4 aromatic rings. The first-order valence-corrected chi connectivity index (χ1v) is 11.0. The lowest BCUT2D eigenvalue weighted by atomic mass is 10.0. The first-order valence-electron chi connectivity index (χ1n) is 11.0. The number of rotatable bonds is 8. The fraction of sp³-hybridized carbons (Fsp3) is 0.269. The van der Waals surface area contributed by atoms with Crippen molar-refractivity contribution in [2.24, 2.45) is 5.92 Å². The molecular formula is C26H27N3O4. The summed E-state index contributed by atoms with van der Waals surface area (Å²) in [5, 5.41) is 3.93. The monoisotopic (exact) mass is 445 g/mol. The standard InChI is InChI=1S/C26H27N3O4/c1-16(2)22(28-21(30)14-13-17-9-5-4-6-10-17)25-29-23(26(31)32-3)24(33-25)19-15-27-20-12-8-7-11-18(19)20/h4-12,15-16,22,27H,13-14H2,1-3H3,(H,28,30). The van der Waals surface area contributed by atoms with Gasteiger partial charge in [-0.05, 0) is 24.0 Å². The lowest BCUT2D eigenvalue weighted by Gasteiger charge is -2.19. The summed E-state index contributed by atoms with van der Waals surface area (Å²) in [5.74, 6) is -0.116. The van der Waals surface area contributed by atoms with Crippen LogP contribution in [0.5, 0.6) is 0 Å². The minimum absolute atomic E-state index is 0.00867. The smallest absolute Gasteiger partial charge is 0.360 e. The number of hydrogen-bond acceptors (Lipinski definition) is 5. The van der Waals surface area contributed by atoms with Crippen molar-refractivity contribution in [2.75, 3.05) is 7.11 Å². The zero-order valence-electron chi connectivity index (χ0n) is 18.9. The van der Waals surface area contributed by atoms with E-state index in [1.165, 1.54) is 7.11 Å². The van der Waals surface area contributed by atoms with Crippen LogP contribution in [0.15, 0.2) is 65.2 Å². The second kappa shape index (κ2) is 9.73. The average Bonchev–Trinajstić information content (AvgIpc) is 3.45. The lowest BCUT2D eigenvalue weighted by Crippen LogP contribution is -2.32. The molecule has 0 aliphatic rings. The molecule has 1 atom stereocenters. The number of H-pyrrole nitrogens is 1. The van der Waals surface area contributed by atoms with Crippen LogP contribution >= 0.6 is 0 Å². The number of carbonyl (C=O) groups is 2. The number of carbonyl (C=O) groups excluding carboxylic acids is 2. The average molecular weight is 446 g/mol. The minimum atomic E-state index is -0.594. The molecule has 170 valence electrons. The highest BCUT2D eigenvalue weighted by molar-refractivity contribution is 6.01. The molecule has 0 aliphatic carbocycles. The highest BCUT2D eigenvalue weighted by atomic mass is 16.5. The van der Waals surface area contributed by atoms with Gasteiger partial charge in [-0.2, -0.15) is 0 Å². The van der Waals surface area contributed by atoms with E-state index in [1.54, 1.807) is 6.20 Å². The van der Waals surface area contributed by atoms with Gasteiger partial charge in [0.15, 0.2) is 11.5 Å². The summed E-state index contributed by atoms with van der Waals surface area (Å²) in [4.78, 5) is 32.9. The summed E-state index contributed by atoms with van der Waals surface area (Å²) in [6, 6.07) is 17.1. The molecule has 1 amide bonds. The maximum Gasteiger partial charge on any atom is 0.360 e. The van der Waals surface area contributed by atoms with Gasteiger partial charge in [-0.3, -0.25) is 4.79 Å². The van der Waals surface area contributed by atoms with E-state index in [1.807, 2.05) is 68.4 Å². The fourth-order valence-electron chi connectivity index (χ4n) is 3.81. The molecular weight excluding hydrogens is 418 g/mol. The van der Waals surface area contributed by atoms with E-state index < -0.39 is 12.0 Å². The molecule has 2 aromatic heterocycles. The highest BCUT2D eigenvalue weighted by Crippen LogP contribution is 2.34. The second-order valence-electron chi connectivity index (χ2n) is 8.24. The van der Waals surface area contributed by atoms with E-state index in [-0.39, 0.29) is 23.4 Å². The molecule has 4 rings (SSSR count). The number of ether oxygens (including phenoxy) is 1. The van der Waals surface area contributed by atoms with Gasteiger partial charge in [-0.15, -0.1) is 0 Å². The normalized spacial score (nSPS) is 12.1. The summed E-state index contributed by atoms with van der Waals surface area (Å²) in [6.45, 7) is 3.94. The Hall–Kier alpha value is -3.87. The van der Waals surface area contributed by atoms with Gasteiger partial charge in [0, 0.05) is 29.1 Å². The number of aromatic amines is 1. The van der Waals surface area contributed by atoms with E-state index in [9.17, 15) is 9.59 Å². The van der Waals surface area contributed by atoms with Crippen LogP contribution in [0.4, 0.5) is 0 Å². The van der Waals surface area contributed by atoms with Crippen LogP contribution in [0.3, 0.4) is 0 Å². The number of esters is 1. The van der Waals surface area contributed by atoms with Crippen molar-refractivity contribution < 1.29 is 18.7 Å². The van der Waals surface area contributed by atoms with E-state index in [4.69, 9.17) is 9.15 Å². The molecule has 0 saturated heterocycles. The van der Waals surface area contributed by atoms with Gasteiger partial charge in [-0.1, -0.05) is 62.4 Å². The van der Waals surface area contributed by atoms with Gasteiger partial charge in [0.05, 0.1) is 7.11 Å². The molecule has 7 heteroatoms. The summed E-state index contributed by atoms with van der Waals surface area (Å²) >= 11 is 0. The van der Waals surface area contributed by atoms with Crippen molar-refractivity contribution >= 4 is 22.8 Å². The molecule has 0 fully saturated rings. The predicted molar refractivity (Wildman–Crippen MR) is 126 cm³/mol. The van der Waals surface area contributed by atoms with Crippen molar-refractivity contribution in [3.8, 4) is 11.3 Å². The Bertz CT molecular complexity index is 1260. The highest BCUT2D eigenvalue weighted by Gasteiger charge is 2.30. The molecule has 0 radical (unpaired) electrons. The number of para-hydroxylation sites is 1. The zero-order chi connectivity index (χ0) is 23.4. The maximum atomic E-state index is 12.7. The van der Waals surface area contributed by atoms with Crippen molar-refractivity contribution in [1.29, 1.82) is 0 Å². The van der Waals surface area contributed by atoms with Crippen LogP contribution in [0, 0.1) is 5.92 Å². The minimum Gasteiger partial charge on any atom is -0.464 e. The number of aromatic nitrogens is 2. The van der Waals surface area contributed by atoms with E-state index >= 15 is 0 Å². The van der Waals surface area contributed by atoms with Crippen molar-refractivity contribution in [2.45, 2.75) is 32.7 Å². The molecule has 33 heavy (non-hydrogen) atoms. The SMILES string of the molecule is COC(=O)c1nc(C(NC(=O)CCc2ccccc2)C(C)C)oc1-c1c[nH]c2ccccc12. The number of nitrogens with one attached hydrogen (secondary N) is 2. The Kier molecular flexibility index (Phi) is 6.58. The van der Waals surface area contributed by atoms with E-state index in [0.29, 0.717) is 24.2 Å². The largest absolute Gasteiger partial charge is 0.464 e. The quantitative estimate of drug-likeness (QED) is 0.370. The van der Waals surface area contributed by atoms with Gasteiger partial charge in [-0.25, -0.2) is 9.78 Å². The zero-order valence-corrected chi connectivity index (χ0v) is 18.9. The topological polar surface area (TPSA) is 97.2 Å². The molecule has 0 saturated carbocycles. The maximum absolute atomic E-state index is 12.7. The van der Waals surface area contributed by atoms with Crippen LogP contribution < -0.4 is 5.32 Å². The molecule has 0 spiro atoms. The Labute approximate surface area is 192 Å². The van der Waals surface area contributed by atoms with Crippen molar-refractivity contribution in [3.63, 3.8) is 0 Å². The number of benzene rings is 2. The third-order valence-corrected chi connectivity index (χ3v) is 5.59. The number of aryl methyl sites for hydroxylation is 1. The number of nitrogens with zero attached hydrogens (tertiary/aromatic N) is 1. The molecule has 2 N–H and O–H groups in total. The Balaban J connectivity index is 1.63. The Morgan fingerprint density at radius 3 is 2.55 bits per heavy atom. The van der Waals surface area contributed by atoms with Gasteiger partial charge < -0.3 is 19.5 Å². The Morgan fingerprint density at radius 2 is 1.82 bits per heavy atom. The molecule has 0 bridgehead atoms. The summed E-state index contributed by atoms with van der Waals surface area (Å²) in [7, 11) is 1.31. The third kappa shape index (κ3) is 4.82. The van der Waals surface area contributed by atoms with Crippen LogP contribution in [0.1, 0.15) is 48.3 Å². The van der Waals surface area contributed by atoms with Gasteiger partial charge in [0.1, 0.15) is 6.04 Å².